The van der Waals surface area contributed by atoms with Crippen molar-refractivity contribution in [2.75, 3.05) is 18.1 Å². The fourth-order valence-electron chi connectivity index (χ4n) is 3.53. The number of unbranched alkanes of at least 4 members (excludes halogenated alkanes) is 1. The highest BCUT2D eigenvalue weighted by molar-refractivity contribution is 7.91. The zero-order valence-electron chi connectivity index (χ0n) is 18.2. The van der Waals surface area contributed by atoms with Gasteiger partial charge < -0.3 is 10.2 Å². The summed E-state index contributed by atoms with van der Waals surface area (Å²) >= 11 is 0. The van der Waals surface area contributed by atoms with Crippen LogP contribution in [0.2, 0.25) is 0 Å². The van der Waals surface area contributed by atoms with Gasteiger partial charge >= 0.3 is 0 Å². The van der Waals surface area contributed by atoms with Gasteiger partial charge in [0.25, 0.3) is 5.91 Å². The SMILES string of the molecule is CCCCN(C(=O)C(C)NC(=O)c1ccc(C(C)(C)C)cc1)C1CCS(=O)(=O)C1. The highest BCUT2D eigenvalue weighted by Gasteiger charge is 2.36. The van der Waals surface area contributed by atoms with Gasteiger partial charge in [-0.15, -0.1) is 0 Å². The number of sulfone groups is 1. The standard InChI is InChI=1S/C22H34N2O4S/c1-6-7-13-24(19-12-14-29(27,28)15-19)21(26)16(2)23-20(25)17-8-10-18(11-9-17)22(3,4)5/h8-11,16,19H,6-7,12-15H2,1-5H3,(H,23,25). The average molecular weight is 423 g/mol. The molecule has 1 aliphatic heterocycles. The van der Waals surface area contributed by atoms with Crippen LogP contribution in [0.4, 0.5) is 0 Å². The van der Waals surface area contributed by atoms with Crippen LogP contribution in [-0.4, -0.2) is 55.3 Å². The molecule has 162 valence electrons. The summed E-state index contributed by atoms with van der Waals surface area (Å²) in [4.78, 5) is 27.3. The number of carbonyl (C=O) groups excluding carboxylic acids is 2. The summed E-state index contributed by atoms with van der Waals surface area (Å²) in [7, 11) is -3.09. The Morgan fingerprint density at radius 3 is 2.31 bits per heavy atom. The van der Waals surface area contributed by atoms with E-state index in [1.54, 1.807) is 24.0 Å². The summed E-state index contributed by atoms with van der Waals surface area (Å²) in [5.41, 5.74) is 1.63. The Kier molecular flexibility index (Phi) is 7.49. The minimum Gasteiger partial charge on any atom is -0.341 e. The number of nitrogens with one attached hydrogen (secondary N) is 1. The molecule has 0 radical (unpaired) electrons. The summed E-state index contributed by atoms with van der Waals surface area (Å²) in [5, 5.41) is 2.78. The van der Waals surface area contributed by atoms with Crippen molar-refractivity contribution in [3.05, 3.63) is 35.4 Å². The van der Waals surface area contributed by atoms with Crippen molar-refractivity contribution < 1.29 is 18.0 Å². The maximum absolute atomic E-state index is 13.0. The van der Waals surface area contributed by atoms with Crippen LogP contribution in [0, 0.1) is 0 Å². The molecule has 1 aromatic carbocycles. The van der Waals surface area contributed by atoms with Gasteiger partial charge in [0.2, 0.25) is 5.91 Å². The molecule has 2 rings (SSSR count). The van der Waals surface area contributed by atoms with E-state index in [9.17, 15) is 18.0 Å². The van der Waals surface area contributed by atoms with Crippen LogP contribution in [-0.2, 0) is 20.0 Å². The number of hydrogen-bond acceptors (Lipinski definition) is 4. The third-order valence-corrected chi connectivity index (χ3v) is 7.17. The molecule has 1 aliphatic rings. The van der Waals surface area contributed by atoms with E-state index in [-0.39, 0.29) is 34.8 Å². The minimum absolute atomic E-state index is 0.000336. The second kappa shape index (κ2) is 9.28. The van der Waals surface area contributed by atoms with Crippen LogP contribution in [0.1, 0.15) is 69.8 Å². The van der Waals surface area contributed by atoms with Crippen LogP contribution in [0.15, 0.2) is 24.3 Å². The molecule has 0 aliphatic carbocycles. The molecule has 0 saturated carbocycles. The van der Waals surface area contributed by atoms with Gasteiger partial charge in [-0.3, -0.25) is 9.59 Å². The van der Waals surface area contributed by atoms with Gasteiger partial charge in [0.05, 0.1) is 11.5 Å². The van der Waals surface area contributed by atoms with Gasteiger partial charge in [-0.1, -0.05) is 46.2 Å². The first kappa shape index (κ1) is 23.4. The van der Waals surface area contributed by atoms with Crippen LogP contribution in [0.3, 0.4) is 0 Å². The van der Waals surface area contributed by atoms with Gasteiger partial charge in [-0.25, -0.2) is 8.42 Å². The van der Waals surface area contributed by atoms with Crippen molar-refractivity contribution in [2.24, 2.45) is 0 Å². The summed E-state index contributed by atoms with van der Waals surface area (Å²) in [6, 6.07) is 6.38. The number of carbonyl (C=O) groups is 2. The van der Waals surface area contributed by atoms with Crippen LogP contribution >= 0.6 is 0 Å². The van der Waals surface area contributed by atoms with E-state index < -0.39 is 15.9 Å². The minimum atomic E-state index is -3.09. The van der Waals surface area contributed by atoms with E-state index >= 15 is 0 Å². The smallest absolute Gasteiger partial charge is 0.251 e. The highest BCUT2D eigenvalue weighted by Crippen LogP contribution is 2.22. The van der Waals surface area contributed by atoms with E-state index in [2.05, 4.69) is 26.1 Å². The predicted molar refractivity (Wildman–Crippen MR) is 116 cm³/mol. The Morgan fingerprint density at radius 2 is 1.83 bits per heavy atom. The molecule has 1 N–H and O–H groups in total. The molecule has 7 heteroatoms. The van der Waals surface area contributed by atoms with Crippen molar-refractivity contribution in [1.29, 1.82) is 0 Å². The molecule has 2 atom stereocenters. The molecule has 0 bridgehead atoms. The monoisotopic (exact) mass is 422 g/mol. The van der Waals surface area contributed by atoms with E-state index in [4.69, 9.17) is 0 Å². The number of amides is 2. The van der Waals surface area contributed by atoms with Crippen LogP contribution in [0.25, 0.3) is 0 Å². The Hall–Kier alpha value is -1.89. The zero-order valence-corrected chi connectivity index (χ0v) is 19.0. The molecule has 1 heterocycles. The topological polar surface area (TPSA) is 83.6 Å². The van der Waals surface area contributed by atoms with Crippen molar-refractivity contribution in [3.63, 3.8) is 0 Å². The number of rotatable bonds is 7. The zero-order chi connectivity index (χ0) is 21.8. The normalized spacial score (nSPS) is 19.6. The fraction of sp³-hybridized carbons (Fsp3) is 0.636. The number of benzene rings is 1. The fourth-order valence-corrected chi connectivity index (χ4v) is 5.27. The van der Waals surface area contributed by atoms with Gasteiger partial charge in [0, 0.05) is 18.2 Å². The highest BCUT2D eigenvalue weighted by atomic mass is 32.2. The number of hydrogen-bond donors (Lipinski definition) is 1. The molecule has 1 saturated heterocycles. The maximum atomic E-state index is 13.0. The Bertz CT molecular complexity index is 825. The Balaban J connectivity index is 2.07. The molecular formula is C22H34N2O4S. The molecule has 6 nitrogen and oxygen atoms in total. The second-order valence-electron chi connectivity index (χ2n) is 8.96. The van der Waals surface area contributed by atoms with E-state index in [0.717, 1.165) is 18.4 Å². The summed E-state index contributed by atoms with van der Waals surface area (Å²) in [6.45, 7) is 10.5. The molecule has 1 fully saturated rings. The maximum Gasteiger partial charge on any atom is 0.251 e. The van der Waals surface area contributed by atoms with Crippen molar-refractivity contribution >= 4 is 21.7 Å². The quantitative estimate of drug-likeness (QED) is 0.732. The molecule has 0 spiro atoms. The van der Waals surface area contributed by atoms with E-state index in [0.29, 0.717) is 18.5 Å². The van der Waals surface area contributed by atoms with E-state index in [1.807, 2.05) is 19.1 Å². The first-order valence-electron chi connectivity index (χ1n) is 10.4. The number of nitrogens with zero attached hydrogens (tertiary/aromatic N) is 1. The average Bonchev–Trinajstić information content (AvgIpc) is 3.00. The predicted octanol–water partition coefficient (Wildman–Crippen LogP) is 2.92. The van der Waals surface area contributed by atoms with Gasteiger partial charge in [-0.05, 0) is 42.9 Å². The lowest BCUT2D eigenvalue weighted by Crippen LogP contribution is -2.51. The summed E-state index contributed by atoms with van der Waals surface area (Å²) in [5.74, 6) is -0.396. The van der Waals surface area contributed by atoms with Crippen molar-refractivity contribution in [3.8, 4) is 0 Å². The Labute approximate surface area is 175 Å². The van der Waals surface area contributed by atoms with E-state index in [1.165, 1.54) is 0 Å². The first-order valence-corrected chi connectivity index (χ1v) is 12.2. The van der Waals surface area contributed by atoms with Gasteiger partial charge in [0.15, 0.2) is 9.84 Å². The lowest BCUT2D eigenvalue weighted by Gasteiger charge is -2.31. The van der Waals surface area contributed by atoms with Crippen LogP contribution in [0.5, 0.6) is 0 Å². The molecule has 0 aromatic heterocycles. The van der Waals surface area contributed by atoms with Crippen molar-refractivity contribution in [1.82, 2.24) is 10.2 Å². The molecule has 2 amide bonds. The molecule has 29 heavy (non-hydrogen) atoms. The van der Waals surface area contributed by atoms with Crippen LogP contribution < -0.4 is 5.32 Å². The molecule has 1 aromatic rings. The third-order valence-electron chi connectivity index (χ3n) is 5.42. The summed E-state index contributed by atoms with van der Waals surface area (Å²) in [6.07, 6.45) is 2.17. The van der Waals surface area contributed by atoms with Gasteiger partial charge in [-0.2, -0.15) is 0 Å². The van der Waals surface area contributed by atoms with Crippen molar-refractivity contribution in [2.45, 2.75) is 71.4 Å². The van der Waals surface area contributed by atoms with Gasteiger partial charge in [0.1, 0.15) is 6.04 Å². The first-order chi connectivity index (χ1) is 13.4. The third kappa shape index (κ3) is 6.29. The molecular weight excluding hydrogens is 388 g/mol. The lowest BCUT2D eigenvalue weighted by atomic mass is 9.86. The lowest BCUT2D eigenvalue weighted by molar-refractivity contribution is -0.134. The second-order valence-corrected chi connectivity index (χ2v) is 11.2. The summed E-state index contributed by atoms with van der Waals surface area (Å²) < 4.78 is 23.7. The molecule has 2 unspecified atom stereocenters. The largest absolute Gasteiger partial charge is 0.341 e. The Morgan fingerprint density at radius 1 is 1.21 bits per heavy atom.